The van der Waals surface area contributed by atoms with E-state index in [-0.39, 0.29) is 38.4 Å². The van der Waals surface area contributed by atoms with Crippen LogP contribution in [0, 0.1) is 11.8 Å². The molecule has 14 nitrogen and oxygen atoms in total. The average Bonchev–Trinajstić information content (AvgIpc) is 2.86. The van der Waals surface area contributed by atoms with Gasteiger partial charge in [-0.2, -0.15) is 8.42 Å². The van der Waals surface area contributed by atoms with E-state index in [1.165, 1.54) is 6.92 Å². The van der Waals surface area contributed by atoms with Crippen LogP contribution in [0.1, 0.15) is 52.5 Å². The Morgan fingerprint density at radius 1 is 0.975 bits per heavy atom. The number of anilines is 1. The molecule has 0 spiro atoms. The molecule has 0 fully saturated rings. The van der Waals surface area contributed by atoms with E-state index in [9.17, 15) is 32.4 Å². The van der Waals surface area contributed by atoms with Crippen LogP contribution in [0.15, 0.2) is 24.3 Å². The van der Waals surface area contributed by atoms with Gasteiger partial charge in [-0.05, 0) is 36.5 Å². The van der Waals surface area contributed by atoms with Crippen molar-refractivity contribution in [2.24, 2.45) is 17.6 Å². The van der Waals surface area contributed by atoms with Crippen molar-refractivity contribution in [1.82, 2.24) is 16.0 Å². The van der Waals surface area contributed by atoms with E-state index in [1.807, 2.05) is 0 Å². The molecule has 0 saturated carbocycles. The van der Waals surface area contributed by atoms with Gasteiger partial charge in [-0.3, -0.25) is 23.7 Å². The summed E-state index contributed by atoms with van der Waals surface area (Å²) >= 11 is 0. The van der Waals surface area contributed by atoms with E-state index in [1.54, 1.807) is 45.0 Å². The summed E-state index contributed by atoms with van der Waals surface area (Å²) in [6, 6.07) is 3.63. The van der Waals surface area contributed by atoms with Crippen molar-refractivity contribution < 1.29 is 41.7 Å². The molecule has 224 valence electrons. The first-order chi connectivity index (χ1) is 18.6. The van der Waals surface area contributed by atoms with E-state index in [0.717, 1.165) is 0 Å². The van der Waals surface area contributed by atoms with Gasteiger partial charge in [0.25, 0.3) is 10.1 Å². The van der Waals surface area contributed by atoms with E-state index in [0.29, 0.717) is 11.3 Å². The van der Waals surface area contributed by atoms with E-state index in [4.69, 9.17) is 15.0 Å². The number of urea groups is 1. The van der Waals surface area contributed by atoms with Crippen LogP contribution in [-0.4, -0.2) is 67.1 Å². The number of rotatable bonds is 16. The fraction of sp³-hybridized carbons (Fsp3) is 0.560. The van der Waals surface area contributed by atoms with Crippen molar-refractivity contribution in [2.45, 2.75) is 65.6 Å². The van der Waals surface area contributed by atoms with Crippen LogP contribution < -0.4 is 27.0 Å². The third kappa shape index (κ3) is 13.4. The van der Waals surface area contributed by atoms with Gasteiger partial charge in [-0.15, -0.1) is 0 Å². The van der Waals surface area contributed by atoms with Crippen LogP contribution in [0.3, 0.4) is 0 Å². The molecule has 0 aromatic heterocycles. The molecule has 0 aliphatic heterocycles. The lowest BCUT2D eigenvalue weighted by Crippen LogP contribution is -2.55. The predicted molar refractivity (Wildman–Crippen MR) is 146 cm³/mol. The van der Waals surface area contributed by atoms with Crippen LogP contribution in [0.2, 0.25) is 0 Å². The summed E-state index contributed by atoms with van der Waals surface area (Å²) in [5, 5.41) is 10.2. The van der Waals surface area contributed by atoms with Crippen molar-refractivity contribution in [3.8, 4) is 0 Å². The Balaban J connectivity index is 2.97. The number of primary amides is 1. The van der Waals surface area contributed by atoms with Gasteiger partial charge < -0.3 is 31.7 Å². The molecule has 7 N–H and O–H groups in total. The highest BCUT2D eigenvalue weighted by molar-refractivity contribution is 7.85. The summed E-state index contributed by atoms with van der Waals surface area (Å²) in [6.45, 7) is 6.52. The first-order valence-corrected chi connectivity index (χ1v) is 14.4. The molecule has 1 aromatic rings. The zero-order valence-corrected chi connectivity index (χ0v) is 23.9. The molecule has 0 radical (unpaired) electrons. The summed E-state index contributed by atoms with van der Waals surface area (Å²) in [5.74, 6) is -4.73. The summed E-state index contributed by atoms with van der Waals surface area (Å²) in [5.41, 5.74) is 6.20. The lowest BCUT2D eigenvalue weighted by Gasteiger charge is -2.26. The van der Waals surface area contributed by atoms with Gasteiger partial charge in [0.15, 0.2) is 0 Å². The quantitative estimate of drug-likeness (QED) is 0.0910. The van der Waals surface area contributed by atoms with Gasteiger partial charge >= 0.3 is 12.0 Å². The summed E-state index contributed by atoms with van der Waals surface area (Å²) in [4.78, 5) is 61.0. The van der Waals surface area contributed by atoms with Crippen molar-refractivity contribution >= 4 is 45.5 Å². The van der Waals surface area contributed by atoms with Gasteiger partial charge in [0.05, 0.1) is 11.7 Å². The second kappa shape index (κ2) is 16.4. The largest absolute Gasteiger partial charge is 0.461 e. The molecule has 15 heteroatoms. The first kappa shape index (κ1) is 34.3. The van der Waals surface area contributed by atoms with E-state index >= 15 is 0 Å². The molecule has 0 heterocycles. The molecule has 3 atom stereocenters. The molecular weight excluding hydrogens is 546 g/mol. The van der Waals surface area contributed by atoms with Crippen LogP contribution in [0.4, 0.5) is 10.5 Å². The average molecular weight is 586 g/mol. The fourth-order valence-electron chi connectivity index (χ4n) is 3.45. The standard InChI is InChI=1S/C25H39N5O9S/c1-5-20(31)39-13-17-8-10-18(11-9-17)28-23(33)19(7-6-12-27-25(26)35)29-24(34)21(15(2)3)30-22(32)16(4)14-40(36,37)38/h8-11,15-16,19,21H,5-7,12-14H2,1-4H3,(H,28,33)(H,29,34)(H,30,32)(H3,26,27,35)(H,36,37,38)/t16-,19-,21+/m0/s1. The number of hydrogen-bond acceptors (Lipinski definition) is 8. The van der Waals surface area contributed by atoms with E-state index in [2.05, 4.69) is 21.3 Å². The summed E-state index contributed by atoms with van der Waals surface area (Å²) in [7, 11) is -4.41. The molecule has 1 rings (SSSR count). The Kier molecular flexibility index (Phi) is 14.1. The van der Waals surface area contributed by atoms with Crippen molar-refractivity contribution in [2.75, 3.05) is 17.6 Å². The number of nitrogens with one attached hydrogen (secondary N) is 4. The Labute approximate surface area is 233 Å². The van der Waals surface area contributed by atoms with Gasteiger partial charge in [-0.1, -0.05) is 39.8 Å². The lowest BCUT2D eigenvalue weighted by molar-refractivity contribution is -0.144. The second-order valence-electron chi connectivity index (χ2n) is 9.57. The third-order valence-electron chi connectivity index (χ3n) is 5.67. The number of amides is 5. The smallest absolute Gasteiger partial charge is 0.312 e. The zero-order valence-electron chi connectivity index (χ0n) is 23.1. The number of nitrogens with two attached hydrogens (primary N) is 1. The van der Waals surface area contributed by atoms with Crippen LogP contribution in [0.5, 0.6) is 0 Å². The summed E-state index contributed by atoms with van der Waals surface area (Å²) in [6.07, 6.45) is 0.648. The fourth-order valence-corrected chi connectivity index (χ4v) is 4.23. The maximum Gasteiger partial charge on any atom is 0.312 e. The maximum absolute atomic E-state index is 13.1. The molecule has 0 aliphatic carbocycles. The minimum Gasteiger partial charge on any atom is -0.461 e. The predicted octanol–water partition coefficient (Wildman–Crippen LogP) is 0.676. The molecule has 0 bridgehead atoms. The van der Waals surface area contributed by atoms with Crippen LogP contribution >= 0.6 is 0 Å². The third-order valence-corrected chi connectivity index (χ3v) is 6.59. The highest BCUT2D eigenvalue weighted by Gasteiger charge is 2.31. The Morgan fingerprint density at radius 3 is 2.12 bits per heavy atom. The zero-order chi connectivity index (χ0) is 30.5. The monoisotopic (exact) mass is 585 g/mol. The SMILES string of the molecule is CCC(=O)OCc1ccc(NC(=O)[C@H](CCCNC(N)=O)NC(=O)[C@H](NC(=O)[C@@H](C)CS(=O)(=O)O)C(C)C)cc1. The van der Waals surface area contributed by atoms with Crippen molar-refractivity contribution in [1.29, 1.82) is 0 Å². The minimum absolute atomic E-state index is 0.0810. The number of ether oxygens (including phenoxy) is 1. The molecule has 5 amide bonds. The summed E-state index contributed by atoms with van der Waals surface area (Å²) < 4.78 is 36.3. The van der Waals surface area contributed by atoms with E-state index < -0.39 is 63.5 Å². The van der Waals surface area contributed by atoms with Crippen molar-refractivity contribution in [3.63, 3.8) is 0 Å². The van der Waals surface area contributed by atoms with Gasteiger partial charge in [0, 0.05) is 18.7 Å². The number of carbonyl (C=O) groups is 5. The Morgan fingerprint density at radius 2 is 1.60 bits per heavy atom. The molecular formula is C25H39N5O9S. The van der Waals surface area contributed by atoms with Crippen LogP contribution in [-0.2, 0) is 40.6 Å². The molecule has 0 unspecified atom stereocenters. The number of hydrogen-bond donors (Lipinski definition) is 6. The maximum atomic E-state index is 13.1. The highest BCUT2D eigenvalue weighted by atomic mass is 32.2. The number of carbonyl (C=O) groups excluding carboxylic acids is 5. The highest BCUT2D eigenvalue weighted by Crippen LogP contribution is 2.13. The number of esters is 1. The molecule has 0 saturated heterocycles. The molecule has 1 aromatic carbocycles. The Hall–Kier alpha value is -3.72. The van der Waals surface area contributed by atoms with Gasteiger partial charge in [-0.25, -0.2) is 4.79 Å². The Bertz CT molecular complexity index is 1140. The van der Waals surface area contributed by atoms with Crippen LogP contribution in [0.25, 0.3) is 0 Å². The molecule has 40 heavy (non-hydrogen) atoms. The van der Waals surface area contributed by atoms with Gasteiger partial charge in [0.2, 0.25) is 17.7 Å². The normalized spacial score (nSPS) is 13.4. The number of benzene rings is 1. The second-order valence-corrected chi connectivity index (χ2v) is 11.1. The topological polar surface area (TPSA) is 223 Å². The molecule has 0 aliphatic rings. The first-order valence-electron chi connectivity index (χ1n) is 12.8. The van der Waals surface area contributed by atoms with Crippen molar-refractivity contribution in [3.05, 3.63) is 29.8 Å². The minimum atomic E-state index is -4.41. The lowest BCUT2D eigenvalue weighted by atomic mass is 10.0. The van der Waals surface area contributed by atoms with Gasteiger partial charge in [0.1, 0.15) is 18.7 Å².